The van der Waals surface area contributed by atoms with Gasteiger partial charge in [-0.1, -0.05) is 86.6 Å². The number of ether oxygens (including phenoxy) is 1. The average Bonchev–Trinajstić information content (AvgIpc) is 3.46. The molecule has 1 aromatic heterocycles. The second kappa shape index (κ2) is 16.5. The predicted octanol–water partition coefficient (Wildman–Crippen LogP) is 8.48. The summed E-state index contributed by atoms with van der Waals surface area (Å²) in [6, 6.07) is 29.3. The second-order valence-corrected chi connectivity index (χ2v) is 11.6. The summed E-state index contributed by atoms with van der Waals surface area (Å²) in [5, 5.41) is 3.65. The highest BCUT2D eigenvalue weighted by Crippen LogP contribution is 2.25. The molecule has 0 unspecified atom stereocenters. The molecule has 1 heterocycles. The summed E-state index contributed by atoms with van der Waals surface area (Å²) in [5.41, 5.74) is 6.15. The summed E-state index contributed by atoms with van der Waals surface area (Å²) in [6.45, 7) is 7.95. The van der Waals surface area contributed by atoms with Gasteiger partial charge in [0.2, 0.25) is 0 Å². The lowest BCUT2D eigenvalue weighted by Gasteiger charge is -2.19. The number of aromatic nitrogens is 1. The first kappa shape index (κ1) is 31.8. The molecule has 0 aliphatic heterocycles. The van der Waals surface area contributed by atoms with Gasteiger partial charge in [0.1, 0.15) is 0 Å². The molecule has 3 aromatic carbocycles. The Morgan fingerprint density at radius 1 is 0.837 bits per heavy atom. The zero-order valence-corrected chi connectivity index (χ0v) is 25.9. The standard InChI is InChI=1S/C38H46N2O3/c1-4-43-37(41)19-12-24-40-27-35(29(2)3)36(28-40)38(42)33-17-11-18-34(25-33)39-26-32(22-20-30-13-7-5-8-14-30)23-21-31-15-9-6-10-16-31/h5-11,13-18,25,27-29,32,39H,4,12,19-24,26H2,1-3H3. The molecular weight excluding hydrogens is 532 g/mol. The molecule has 4 aromatic rings. The molecule has 0 radical (unpaired) electrons. The number of nitrogens with zero attached hydrogens (tertiary/aromatic N) is 1. The minimum atomic E-state index is -0.179. The molecule has 0 saturated carbocycles. The van der Waals surface area contributed by atoms with Crippen molar-refractivity contribution in [3.8, 4) is 0 Å². The maximum Gasteiger partial charge on any atom is 0.305 e. The SMILES string of the molecule is CCOC(=O)CCCn1cc(C(=O)c2cccc(NCC(CCc3ccccc3)CCc3ccccc3)c2)c(C(C)C)c1. The van der Waals surface area contributed by atoms with Crippen molar-refractivity contribution in [1.29, 1.82) is 0 Å². The third-order valence-corrected chi connectivity index (χ3v) is 7.97. The van der Waals surface area contributed by atoms with Crippen LogP contribution in [0.15, 0.2) is 97.3 Å². The van der Waals surface area contributed by atoms with Gasteiger partial charge in [-0.05, 0) is 79.7 Å². The molecule has 4 rings (SSSR count). The van der Waals surface area contributed by atoms with Crippen molar-refractivity contribution in [2.45, 2.75) is 71.8 Å². The van der Waals surface area contributed by atoms with E-state index in [2.05, 4.69) is 86.0 Å². The average molecular weight is 579 g/mol. The number of hydrogen-bond acceptors (Lipinski definition) is 4. The molecule has 0 saturated heterocycles. The number of nitrogens with one attached hydrogen (secondary N) is 1. The number of anilines is 1. The quantitative estimate of drug-likeness (QED) is 0.101. The largest absolute Gasteiger partial charge is 0.466 e. The number of carbonyl (C=O) groups excluding carboxylic acids is 2. The summed E-state index contributed by atoms with van der Waals surface area (Å²) in [5.74, 6) is 0.556. The molecule has 226 valence electrons. The fraction of sp³-hybridized carbons (Fsp3) is 0.368. The highest BCUT2D eigenvalue weighted by Gasteiger charge is 2.19. The Morgan fingerprint density at radius 3 is 2.09 bits per heavy atom. The Bertz CT molecular complexity index is 1380. The van der Waals surface area contributed by atoms with Crippen molar-refractivity contribution < 1.29 is 14.3 Å². The van der Waals surface area contributed by atoms with Gasteiger partial charge in [0.05, 0.1) is 6.61 Å². The lowest BCUT2D eigenvalue weighted by atomic mass is 9.93. The van der Waals surface area contributed by atoms with Gasteiger partial charge in [0.25, 0.3) is 0 Å². The Hall–Kier alpha value is -4.12. The first-order valence-electron chi connectivity index (χ1n) is 15.7. The fourth-order valence-electron chi connectivity index (χ4n) is 5.51. The number of carbonyl (C=O) groups is 2. The van der Waals surface area contributed by atoms with E-state index in [9.17, 15) is 9.59 Å². The van der Waals surface area contributed by atoms with Gasteiger partial charge >= 0.3 is 5.97 Å². The van der Waals surface area contributed by atoms with Gasteiger partial charge in [0, 0.05) is 48.7 Å². The van der Waals surface area contributed by atoms with Crippen molar-refractivity contribution in [1.82, 2.24) is 4.57 Å². The highest BCUT2D eigenvalue weighted by atomic mass is 16.5. The predicted molar refractivity (Wildman–Crippen MR) is 176 cm³/mol. The lowest BCUT2D eigenvalue weighted by Crippen LogP contribution is -2.16. The maximum atomic E-state index is 13.7. The second-order valence-electron chi connectivity index (χ2n) is 11.6. The number of aryl methyl sites for hydroxylation is 3. The van der Waals surface area contributed by atoms with E-state index in [1.54, 1.807) is 0 Å². The van der Waals surface area contributed by atoms with E-state index in [0.717, 1.165) is 49.0 Å². The van der Waals surface area contributed by atoms with Gasteiger partial charge in [0.15, 0.2) is 5.78 Å². The van der Waals surface area contributed by atoms with E-state index < -0.39 is 0 Å². The highest BCUT2D eigenvalue weighted by molar-refractivity contribution is 6.10. The first-order valence-corrected chi connectivity index (χ1v) is 15.7. The van der Waals surface area contributed by atoms with E-state index >= 15 is 0 Å². The minimum absolute atomic E-state index is 0.0289. The van der Waals surface area contributed by atoms with Crippen LogP contribution in [0.1, 0.15) is 85.0 Å². The van der Waals surface area contributed by atoms with Crippen molar-refractivity contribution in [2.24, 2.45) is 5.92 Å². The number of rotatable bonds is 17. The summed E-state index contributed by atoms with van der Waals surface area (Å²) >= 11 is 0. The van der Waals surface area contributed by atoms with Crippen molar-refractivity contribution in [3.05, 3.63) is 125 Å². The van der Waals surface area contributed by atoms with Crippen LogP contribution in [0.5, 0.6) is 0 Å². The number of esters is 1. The molecule has 0 spiro atoms. The third-order valence-electron chi connectivity index (χ3n) is 7.97. The lowest BCUT2D eigenvalue weighted by molar-refractivity contribution is -0.143. The molecule has 5 heteroatoms. The molecule has 0 atom stereocenters. The van der Waals surface area contributed by atoms with Crippen molar-refractivity contribution >= 4 is 17.4 Å². The molecule has 0 fully saturated rings. The van der Waals surface area contributed by atoms with Crippen LogP contribution in [-0.4, -0.2) is 29.5 Å². The van der Waals surface area contributed by atoms with Gasteiger partial charge in [-0.15, -0.1) is 0 Å². The van der Waals surface area contributed by atoms with E-state index in [-0.39, 0.29) is 17.7 Å². The number of benzene rings is 3. The summed E-state index contributed by atoms with van der Waals surface area (Å²) < 4.78 is 7.08. The molecule has 43 heavy (non-hydrogen) atoms. The zero-order valence-electron chi connectivity index (χ0n) is 25.9. The van der Waals surface area contributed by atoms with Gasteiger partial charge in [-0.25, -0.2) is 0 Å². The van der Waals surface area contributed by atoms with E-state index in [1.165, 1.54) is 11.1 Å². The normalized spacial score (nSPS) is 11.2. The van der Waals surface area contributed by atoms with E-state index in [1.807, 2.05) is 42.0 Å². The molecule has 5 nitrogen and oxygen atoms in total. The van der Waals surface area contributed by atoms with Gasteiger partial charge in [-0.3, -0.25) is 9.59 Å². The van der Waals surface area contributed by atoms with Gasteiger partial charge < -0.3 is 14.6 Å². The Labute approximate surface area is 257 Å². The van der Waals surface area contributed by atoms with Crippen LogP contribution in [0.25, 0.3) is 0 Å². The van der Waals surface area contributed by atoms with Crippen LogP contribution in [0.4, 0.5) is 5.69 Å². The maximum absolute atomic E-state index is 13.7. The monoisotopic (exact) mass is 578 g/mol. The molecule has 0 aliphatic rings. The van der Waals surface area contributed by atoms with Crippen LogP contribution in [-0.2, 0) is 28.9 Å². The van der Waals surface area contributed by atoms with Crippen molar-refractivity contribution in [2.75, 3.05) is 18.5 Å². The van der Waals surface area contributed by atoms with Crippen LogP contribution >= 0.6 is 0 Å². The molecular formula is C38H46N2O3. The smallest absolute Gasteiger partial charge is 0.305 e. The van der Waals surface area contributed by atoms with Crippen LogP contribution in [0.3, 0.4) is 0 Å². The first-order chi connectivity index (χ1) is 20.9. The summed E-state index contributed by atoms with van der Waals surface area (Å²) in [4.78, 5) is 25.5. The van der Waals surface area contributed by atoms with E-state index in [0.29, 0.717) is 37.5 Å². The topological polar surface area (TPSA) is 60.3 Å². The van der Waals surface area contributed by atoms with Crippen molar-refractivity contribution in [3.63, 3.8) is 0 Å². The van der Waals surface area contributed by atoms with E-state index in [4.69, 9.17) is 4.74 Å². The summed E-state index contributed by atoms with van der Waals surface area (Å²) in [7, 11) is 0. The Morgan fingerprint density at radius 2 is 1.49 bits per heavy atom. The zero-order chi connectivity index (χ0) is 30.4. The number of ketones is 1. The minimum Gasteiger partial charge on any atom is -0.466 e. The number of hydrogen-bond donors (Lipinski definition) is 1. The third kappa shape index (κ3) is 9.99. The molecule has 0 amide bonds. The van der Waals surface area contributed by atoms with Crippen LogP contribution in [0, 0.1) is 5.92 Å². The summed E-state index contributed by atoms with van der Waals surface area (Å²) in [6.07, 6.45) is 9.34. The fourth-order valence-corrected chi connectivity index (χ4v) is 5.51. The Kier molecular flexibility index (Phi) is 12.2. The Balaban J connectivity index is 1.42. The van der Waals surface area contributed by atoms with Crippen LogP contribution in [0.2, 0.25) is 0 Å². The molecule has 0 bridgehead atoms. The molecule has 0 aliphatic carbocycles. The van der Waals surface area contributed by atoms with Gasteiger partial charge in [-0.2, -0.15) is 0 Å². The van der Waals surface area contributed by atoms with Crippen LogP contribution < -0.4 is 5.32 Å². The molecule has 1 N–H and O–H groups in total.